The number of nitrogens with one attached hydrogen (secondary N) is 1. The molecule has 1 heterocycles. The van der Waals surface area contributed by atoms with Crippen LogP contribution in [0.25, 0.3) is 10.9 Å². The van der Waals surface area contributed by atoms with E-state index in [9.17, 15) is 5.11 Å². The molecule has 0 atom stereocenters. The van der Waals surface area contributed by atoms with Crippen LogP contribution in [0, 0.1) is 0 Å². The summed E-state index contributed by atoms with van der Waals surface area (Å²) in [6, 6.07) is 5.36. The number of nitrogens with zero attached hydrogens (tertiary/aromatic N) is 2. The minimum Gasteiger partial charge on any atom is -0.507 e. The highest BCUT2D eigenvalue weighted by Crippen LogP contribution is 2.22. The summed E-state index contributed by atoms with van der Waals surface area (Å²) in [7, 11) is 0. The van der Waals surface area contributed by atoms with Gasteiger partial charge < -0.3 is 10.5 Å². The Balaban J connectivity index is 2.61. The number of rotatable bonds is 2. The van der Waals surface area contributed by atoms with E-state index in [-0.39, 0.29) is 5.75 Å². The molecule has 0 saturated heterocycles. The first-order valence-corrected chi connectivity index (χ1v) is 4.22. The Morgan fingerprint density at radius 2 is 2.38 bits per heavy atom. The predicted molar refractivity (Wildman–Crippen MR) is 51.3 cm³/mol. The van der Waals surface area contributed by atoms with Gasteiger partial charge in [-0.2, -0.15) is 9.89 Å². The van der Waals surface area contributed by atoms with Gasteiger partial charge in [0.25, 0.3) is 0 Å². The van der Waals surface area contributed by atoms with E-state index in [4.69, 9.17) is 0 Å². The second-order valence-corrected chi connectivity index (χ2v) is 2.78. The van der Waals surface area contributed by atoms with Gasteiger partial charge in [-0.15, -0.1) is 0 Å². The molecule has 0 unspecified atom stereocenters. The zero-order valence-electron chi connectivity index (χ0n) is 7.36. The third-order valence-corrected chi connectivity index (χ3v) is 1.90. The zero-order valence-corrected chi connectivity index (χ0v) is 7.36. The number of aromatic nitrogens is 2. The summed E-state index contributed by atoms with van der Waals surface area (Å²) in [4.78, 5) is 1.66. The number of phenolic OH excluding ortho intramolecular Hbond substituents is 1. The molecule has 2 rings (SSSR count). The lowest BCUT2D eigenvalue weighted by Gasteiger charge is -2.03. The van der Waals surface area contributed by atoms with E-state index in [1.165, 1.54) is 0 Å². The molecule has 0 saturated carbocycles. The summed E-state index contributed by atoms with van der Waals surface area (Å²) in [5.41, 5.74) is 3.94. The Bertz CT molecular complexity index is 422. The second kappa shape index (κ2) is 2.97. The number of fused-ring (bicyclic) bond motifs is 1. The minimum absolute atomic E-state index is 0.265. The van der Waals surface area contributed by atoms with E-state index in [2.05, 4.69) is 10.5 Å². The van der Waals surface area contributed by atoms with Crippen molar-refractivity contribution in [3.05, 3.63) is 24.4 Å². The molecule has 0 spiro atoms. The van der Waals surface area contributed by atoms with Gasteiger partial charge in [-0.3, -0.25) is 0 Å². The molecule has 0 amide bonds. The second-order valence-electron chi connectivity index (χ2n) is 2.78. The van der Waals surface area contributed by atoms with Crippen LogP contribution in [0.2, 0.25) is 0 Å². The maximum Gasteiger partial charge on any atom is 0.126 e. The fourth-order valence-electron chi connectivity index (χ4n) is 1.31. The fraction of sp³-hybridized carbons (Fsp3) is 0.222. The first-order chi connectivity index (χ1) is 6.33. The average Bonchev–Trinajstić information content (AvgIpc) is 2.51. The van der Waals surface area contributed by atoms with Crippen molar-refractivity contribution in [3.63, 3.8) is 0 Å². The molecule has 1 aromatic carbocycles. The number of hydrogen-bond acceptors (Lipinski definition) is 3. The Kier molecular flexibility index (Phi) is 1.81. The Hall–Kier alpha value is -1.71. The molecular weight excluding hydrogens is 166 g/mol. The maximum absolute atomic E-state index is 9.47. The highest BCUT2D eigenvalue weighted by Gasteiger charge is 2.03. The quantitative estimate of drug-likeness (QED) is 0.727. The largest absolute Gasteiger partial charge is 0.507 e. The molecule has 68 valence electrons. The van der Waals surface area contributed by atoms with Crippen LogP contribution in [0.3, 0.4) is 0 Å². The van der Waals surface area contributed by atoms with Crippen LogP contribution in [-0.2, 0) is 0 Å². The van der Waals surface area contributed by atoms with Crippen LogP contribution >= 0.6 is 0 Å². The number of benzene rings is 1. The summed E-state index contributed by atoms with van der Waals surface area (Å²) in [6.45, 7) is 2.79. The monoisotopic (exact) mass is 177 g/mol. The molecule has 4 heteroatoms. The van der Waals surface area contributed by atoms with E-state index in [1.807, 2.05) is 13.0 Å². The Morgan fingerprint density at radius 3 is 3.15 bits per heavy atom. The summed E-state index contributed by atoms with van der Waals surface area (Å²) in [5.74, 6) is 0.265. The number of aromatic hydroxyl groups is 1. The number of phenols is 1. The molecule has 0 aliphatic rings. The van der Waals surface area contributed by atoms with E-state index in [0.29, 0.717) is 0 Å². The van der Waals surface area contributed by atoms with Crippen LogP contribution < -0.4 is 5.43 Å². The first-order valence-electron chi connectivity index (χ1n) is 4.22. The molecular formula is C9H11N3O. The Morgan fingerprint density at radius 1 is 1.54 bits per heavy atom. The molecule has 0 aliphatic heterocycles. The van der Waals surface area contributed by atoms with Crippen molar-refractivity contribution >= 4 is 10.9 Å². The summed E-state index contributed by atoms with van der Waals surface area (Å²) in [5, 5.41) is 14.3. The van der Waals surface area contributed by atoms with Crippen LogP contribution in [0.4, 0.5) is 0 Å². The van der Waals surface area contributed by atoms with Gasteiger partial charge in [0.15, 0.2) is 0 Å². The highest BCUT2D eigenvalue weighted by atomic mass is 16.3. The Labute approximate surface area is 75.8 Å². The molecule has 2 aromatic rings. The summed E-state index contributed by atoms with van der Waals surface area (Å²) >= 11 is 0. The van der Waals surface area contributed by atoms with E-state index < -0.39 is 0 Å². The first kappa shape index (κ1) is 7.91. The van der Waals surface area contributed by atoms with E-state index >= 15 is 0 Å². The van der Waals surface area contributed by atoms with Gasteiger partial charge in [-0.05, 0) is 19.1 Å². The predicted octanol–water partition coefficient (Wildman–Crippen LogP) is 1.31. The van der Waals surface area contributed by atoms with Gasteiger partial charge >= 0.3 is 0 Å². The van der Waals surface area contributed by atoms with Gasteiger partial charge in [-0.25, -0.2) is 0 Å². The van der Waals surface area contributed by atoms with E-state index in [1.54, 1.807) is 23.1 Å². The van der Waals surface area contributed by atoms with Gasteiger partial charge in [0.1, 0.15) is 5.75 Å². The summed E-state index contributed by atoms with van der Waals surface area (Å²) < 4.78 is 0. The molecule has 0 bridgehead atoms. The van der Waals surface area contributed by atoms with Gasteiger partial charge in [-0.1, -0.05) is 6.07 Å². The van der Waals surface area contributed by atoms with Crippen LogP contribution in [-0.4, -0.2) is 21.5 Å². The maximum atomic E-state index is 9.47. The molecule has 13 heavy (non-hydrogen) atoms. The van der Waals surface area contributed by atoms with Gasteiger partial charge in [0.05, 0.1) is 17.1 Å². The molecule has 0 radical (unpaired) electrons. The van der Waals surface area contributed by atoms with Gasteiger partial charge in [0, 0.05) is 6.54 Å². The third kappa shape index (κ3) is 1.20. The lowest BCUT2D eigenvalue weighted by molar-refractivity contribution is 0.481. The third-order valence-electron chi connectivity index (χ3n) is 1.90. The van der Waals surface area contributed by atoms with Crippen molar-refractivity contribution in [1.82, 2.24) is 9.89 Å². The summed E-state index contributed by atoms with van der Waals surface area (Å²) in [6.07, 6.45) is 1.65. The minimum atomic E-state index is 0.265. The van der Waals surface area contributed by atoms with E-state index in [0.717, 1.165) is 17.4 Å². The fourth-order valence-corrected chi connectivity index (χ4v) is 1.31. The van der Waals surface area contributed by atoms with Crippen molar-refractivity contribution in [2.45, 2.75) is 6.92 Å². The molecule has 0 aliphatic carbocycles. The van der Waals surface area contributed by atoms with Crippen LogP contribution in [0.1, 0.15) is 6.92 Å². The molecule has 0 fully saturated rings. The van der Waals surface area contributed by atoms with Crippen molar-refractivity contribution < 1.29 is 5.11 Å². The highest BCUT2D eigenvalue weighted by molar-refractivity contribution is 5.84. The molecule has 1 aromatic heterocycles. The van der Waals surface area contributed by atoms with Crippen molar-refractivity contribution in [2.24, 2.45) is 0 Å². The van der Waals surface area contributed by atoms with Crippen molar-refractivity contribution in [2.75, 3.05) is 12.0 Å². The zero-order chi connectivity index (χ0) is 9.26. The molecule has 2 N–H and O–H groups in total. The van der Waals surface area contributed by atoms with Crippen LogP contribution in [0.15, 0.2) is 24.4 Å². The van der Waals surface area contributed by atoms with Crippen molar-refractivity contribution in [1.29, 1.82) is 0 Å². The number of hydrogen-bond donors (Lipinski definition) is 2. The smallest absolute Gasteiger partial charge is 0.126 e. The topological polar surface area (TPSA) is 50.1 Å². The SMILES string of the molecule is CCNn1ncc2c(O)cccc21. The average molecular weight is 177 g/mol. The standard InChI is InChI=1S/C9H11N3O/c1-2-10-12-8-4-3-5-9(13)7(8)6-11-12/h3-6,10,13H,2H2,1H3. The van der Waals surface area contributed by atoms with Crippen molar-refractivity contribution in [3.8, 4) is 5.75 Å². The lowest BCUT2D eigenvalue weighted by Crippen LogP contribution is -2.14. The normalized spacial score (nSPS) is 10.5. The van der Waals surface area contributed by atoms with Gasteiger partial charge in [0.2, 0.25) is 0 Å². The lowest BCUT2D eigenvalue weighted by atomic mass is 10.2. The molecule has 4 nitrogen and oxygen atoms in total. The van der Waals surface area contributed by atoms with Crippen LogP contribution in [0.5, 0.6) is 5.75 Å².